The van der Waals surface area contributed by atoms with Crippen LogP contribution in [0.1, 0.15) is 33.1 Å². The van der Waals surface area contributed by atoms with Crippen LogP contribution in [0.25, 0.3) is 0 Å². The van der Waals surface area contributed by atoms with E-state index in [2.05, 4.69) is 28.5 Å². The molecule has 1 aromatic carbocycles. The molecule has 0 aliphatic carbocycles. The van der Waals surface area contributed by atoms with Crippen LogP contribution in [-0.2, 0) is 4.79 Å². The summed E-state index contributed by atoms with van der Waals surface area (Å²) in [6, 6.07) is 7.43. The summed E-state index contributed by atoms with van der Waals surface area (Å²) in [4.78, 5) is 18.3. The Morgan fingerprint density at radius 1 is 1.18 bits per heavy atom. The molecule has 3 rings (SSSR count). The normalized spacial score (nSPS) is 24.6. The Kier molecular flexibility index (Phi) is 7.30. The van der Waals surface area contributed by atoms with Crippen LogP contribution in [0.15, 0.2) is 24.3 Å². The number of piperazine rings is 1. The van der Waals surface area contributed by atoms with Gasteiger partial charge in [0.15, 0.2) is 0 Å². The number of halogens is 1. The van der Waals surface area contributed by atoms with Gasteiger partial charge in [0.05, 0.1) is 5.69 Å². The molecule has 2 atom stereocenters. The molecule has 0 bridgehead atoms. The molecule has 0 aromatic heterocycles. The van der Waals surface area contributed by atoms with Crippen molar-refractivity contribution in [3.63, 3.8) is 0 Å². The van der Waals surface area contributed by atoms with Crippen LogP contribution in [-0.4, -0.2) is 72.7 Å². The number of piperidine rings is 1. The highest BCUT2D eigenvalue weighted by molar-refractivity contribution is 5.66. The average molecular weight is 392 g/mol. The van der Waals surface area contributed by atoms with Gasteiger partial charge in [-0.2, -0.15) is 0 Å². The fourth-order valence-corrected chi connectivity index (χ4v) is 4.85. The molecule has 2 aliphatic heterocycles. The van der Waals surface area contributed by atoms with Crippen molar-refractivity contribution < 1.29 is 14.3 Å². The number of carboxylic acids is 1. The Hall–Kier alpha value is -1.66. The van der Waals surface area contributed by atoms with Crippen molar-refractivity contribution in [1.29, 1.82) is 0 Å². The minimum atomic E-state index is -0.705. The highest BCUT2D eigenvalue weighted by Crippen LogP contribution is 2.29. The van der Waals surface area contributed by atoms with Crippen LogP contribution in [0.5, 0.6) is 0 Å². The molecule has 0 saturated carbocycles. The Labute approximate surface area is 168 Å². The number of hydrogen-bond donors (Lipinski definition) is 1. The van der Waals surface area contributed by atoms with E-state index >= 15 is 0 Å². The number of rotatable bonds is 7. The van der Waals surface area contributed by atoms with Crippen molar-refractivity contribution in [1.82, 2.24) is 9.80 Å². The molecule has 156 valence electrons. The molecule has 6 heteroatoms. The maximum Gasteiger partial charge on any atom is 0.303 e. The van der Waals surface area contributed by atoms with E-state index in [0.717, 1.165) is 58.7 Å². The number of benzene rings is 1. The molecule has 5 nitrogen and oxygen atoms in total. The second kappa shape index (κ2) is 9.70. The van der Waals surface area contributed by atoms with Gasteiger partial charge in [-0.15, -0.1) is 0 Å². The van der Waals surface area contributed by atoms with Crippen LogP contribution in [0.2, 0.25) is 0 Å². The van der Waals surface area contributed by atoms with E-state index in [1.54, 1.807) is 6.07 Å². The first-order valence-electron chi connectivity index (χ1n) is 10.6. The molecular formula is C22H34FN3O2. The Balaban J connectivity index is 1.61. The third kappa shape index (κ3) is 5.45. The van der Waals surface area contributed by atoms with E-state index in [9.17, 15) is 9.18 Å². The fourth-order valence-electron chi connectivity index (χ4n) is 4.85. The highest BCUT2D eigenvalue weighted by atomic mass is 19.1. The van der Waals surface area contributed by atoms with Gasteiger partial charge in [-0.1, -0.05) is 26.0 Å². The second-order valence-corrected chi connectivity index (χ2v) is 8.68. The van der Waals surface area contributed by atoms with Gasteiger partial charge in [-0.3, -0.25) is 9.69 Å². The second-order valence-electron chi connectivity index (χ2n) is 8.68. The lowest BCUT2D eigenvalue weighted by atomic mass is 9.86. The van der Waals surface area contributed by atoms with E-state index in [0.29, 0.717) is 23.6 Å². The molecule has 0 unspecified atom stereocenters. The number of likely N-dealkylation sites (tertiary alicyclic amines) is 1. The lowest BCUT2D eigenvalue weighted by molar-refractivity contribution is -0.137. The summed E-state index contributed by atoms with van der Waals surface area (Å²) in [7, 11) is 0. The number of nitrogens with zero attached hydrogens (tertiary/aromatic N) is 3. The van der Waals surface area contributed by atoms with Gasteiger partial charge in [0.1, 0.15) is 5.82 Å². The first kappa shape index (κ1) is 21.1. The maximum atomic E-state index is 14.1. The number of carbonyl (C=O) groups is 1. The SMILES string of the molecule is CC(C)CN1CC[C@@H](N2CCN(c3ccccc3F)CC2)[C@@H](CCC(=O)O)C1. The van der Waals surface area contributed by atoms with Crippen molar-refractivity contribution in [2.75, 3.05) is 50.7 Å². The number of hydrogen-bond acceptors (Lipinski definition) is 4. The minimum Gasteiger partial charge on any atom is -0.481 e. The molecule has 2 heterocycles. The molecule has 2 saturated heterocycles. The summed E-state index contributed by atoms with van der Waals surface area (Å²) in [6.07, 6.45) is 2.07. The predicted molar refractivity (Wildman–Crippen MR) is 110 cm³/mol. The summed E-state index contributed by atoms with van der Waals surface area (Å²) in [5.41, 5.74) is 0.691. The van der Waals surface area contributed by atoms with E-state index < -0.39 is 5.97 Å². The topological polar surface area (TPSA) is 47.0 Å². The van der Waals surface area contributed by atoms with Gasteiger partial charge in [0.2, 0.25) is 0 Å². The van der Waals surface area contributed by atoms with Crippen molar-refractivity contribution in [3.8, 4) is 0 Å². The van der Waals surface area contributed by atoms with Crippen LogP contribution >= 0.6 is 0 Å². The average Bonchev–Trinajstić information content (AvgIpc) is 2.67. The number of carboxylic acid groups (broad SMARTS) is 1. The molecule has 0 spiro atoms. The Morgan fingerprint density at radius 2 is 1.89 bits per heavy atom. The van der Waals surface area contributed by atoms with E-state index in [1.807, 2.05) is 12.1 Å². The predicted octanol–water partition coefficient (Wildman–Crippen LogP) is 3.16. The van der Waals surface area contributed by atoms with Gasteiger partial charge in [-0.05, 0) is 43.4 Å². The summed E-state index contributed by atoms with van der Waals surface area (Å²) in [6.45, 7) is 11.1. The molecule has 28 heavy (non-hydrogen) atoms. The smallest absolute Gasteiger partial charge is 0.303 e. The standard InChI is InChI=1S/C22H34FN3O2/c1-17(2)15-24-10-9-20(18(16-24)7-8-22(27)28)25-11-13-26(14-12-25)21-6-4-3-5-19(21)23/h3-6,17-18,20H,7-16H2,1-2H3,(H,27,28)/t18-,20+/m0/s1. The zero-order chi connectivity index (χ0) is 20.1. The maximum absolute atomic E-state index is 14.1. The molecule has 1 N–H and O–H groups in total. The molecule has 2 aliphatic rings. The van der Waals surface area contributed by atoms with E-state index in [4.69, 9.17) is 5.11 Å². The Bertz CT molecular complexity index is 646. The van der Waals surface area contributed by atoms with Crippen molar-refractivity contribution in [3.05, 3.63) is 30.1 Å². The van der Waals surface area contributed by atoms with Crippen LogP contribution in [0.3, 0.4) is 0 Å². The van der Waals surface area contributed by atoms with Gasteiger partial charge >= 0.3 is 5.97 Å². The van der Waals surface area contributed by atoms with Gasteiger partial charge < -0.3 is 14.9 Å². The van der Waals surface area contributed by atoms with Gasteiger partial charge in [0, 0.05) is 51.7 Å². The van der Waals surface area contributed by atoms with Crippen LogP contribution < -0.4 is 4.90 Å². The first-order chi connectivity index (χ1) is 13.4. The zero-order valence-corrected chi connectivity index (χ0v) is 17.2. The first-order valence-corrected chi connectivity index (χ1v) is 10.6. The molecule has 0 radical (unpaired) electrons. The van der Waals surface area contributed by atoms with E-state index in [-0.39, 0.29) is 12.2 Å². The summed E-state index contributed by atoms with van der Waals surface area (Å²) < 4.78 is 14.1. The summed E-state index contributed by atoms with van der Waals surface area (Å²) in [5.74, 6) is 0.158. The fraction of sp³-hybridized carbons (Fsp3) is 0.682. The largest absolute Gasteiger partial charge is 0.481 e. The van der Waals surface area contributed by atoms with E-state index in [1.165, 1.54) is 6.07 Å². The lowest BCUT2D eigenvalue weighted by Gasteiger charge is -2.47. The zero-order valence-electron chi connectivity index (χ0n) is 17.2. The lowest BCUT2D eigenvalue weighted by Crippen LogP contribution is -2.57. The third-order valence-corrected chi connectivity index (χ3v) is 6.11. The monoisotopic (exact) mass is 391 g/mol. The summed E-state index contributed by atoms with van der Waals surface area (Å²) >= 11 is 0. The number of aliphatic carboxylic acids is 1. The van der Waals surface area contributed by atoms with Crippen molar-refractivity contribution in [2.45, 2.75) is 39.2 Å². The summed E-state index contributed by atoms with van der Waals surface area (Å²) in [5, 5.41) is 9.17. The molecule has 2 fully saturated rings. The Morgan fingerprint density at radius 3 is 2.54 bits per heavy atom. The van der Waals surface area contributed by atoms with Crippen LogP contribution in [0, 0.1) is 17.7 Å². The molecule has 1 aromatic rings. The van der Waals surface area contributed by atoms with Gasteiger partial charge in [-0.25, -0.2) is 4.39 Å². The molecular weight excluding hydrogens is 357 g/mol. The number of anilines is 1. The molecule has 0 amide bonds. The number of para-hydroxylation sites is 1. The minimum absolute atomic E-state index is 0.155. The van der Waals surface area contributed by atoms with Gasteiger partial charge in [0.25, 0.3) is 0 Å². The highest BCUT2D eigenvalue weighted by Gasteiger charge is 2.35. The van der Waals surface area contributed by atoms with Crippen molar-refractivity contribution >= 4 is 11.7 Å². The third-order valence-electron chi connectivity index (χ3n) is 6.11. The van der Waals surface area contributed by atoms with Crippen molar-refractivity contribution in [2.24, 2.45) is 11.8 Å². The quantitative estimate of drug-likeness (QED) is 0.774. The van der Waals surface area contributed by atoms with Crippen LogP contribution in [0.4, 0.5) is 10.1 Å².